The normalized spacial score (nSPS) is 16.7. The Morgan fingerprint density at radius 1 is 1.19 bits per heavy atom. The summed E-state index contributed by atoms with van der Waals surface area (Å²) in [6, 6.07) is -1.18. The Morgan fingerprint density at radius 2 is 1.67 bits per heavy atom. The van der Waals surface area contributed by atoms with Crippen LogP contribution in [0.15, 0.2) is 0 Å². The molecule has 0 bridgehead atoms. The maximum Gasteiger partial charge on any atom is 0.329 e. The van der Waals surface area contributed by atoms with E-state index in [1.54, 1.807) is 0 Å². The Kier molecular flexibility index (Phi) is 6.73. The van der Waals surface area contributed by atoms with E-state index in [9.17, 15) is 23.5 Å². The summed E-state index contributed by atoms with van der Waals surface area (Å²) in [7, 11) is 0. The van der Waals surface area contributed by atoms with Gasteiger partial charge in [-0.1, -0.05) is 27.7 Å². The maximum atomic E-state index is 12.8. The first-order chi connectivity index (χ1) is 9.31. The summed E-state index contributed by atoms with van der Waals surface area (Å²) in [6.45, 7) is 7.67. The first-order valence-corrected chi connectivity index (χ1v) is 6.91. The number of carbonyl (C=O) groups excluding carboxylic acids is 1. The lowest BCUT2D eigenvalue weighted by Crippen LogP contribution is -2.57. The number of halogens is 2. The molecule has 0 unspecified atom stereocenters. The molecule has 0 aliphatic carbocycles. The lowest BCUT2D eigenvalue weighted by atomic mass is 9.85. The van der Waals surface area contributed by atoms with Crippen LogP contribution in [0.3, 0.4) is 0 Å². The molecule has 7 heteroatoms. The van der Waals surface area contributed by atoms with Gasteiger partial charge in [0.2, 0.25) is 12.3 Å². The van der Waals surface area contributed by atoms with Gasteiger partial charge < -0.3 is 16.2 Å². The van der Waals surface area contributed by atoms with E-state index in [2.05, 4.69) is 5.32 Å². The lowest BCUT2D eigenvalue weighted by molar-refractivity contribution is -0.148. The van der Waals surface area contributed by atoms with Crippen LogP contribution in [0.4, 0.5) is 8.78 Å². The maximum absolute atomic E-state index is 12.8. The summed E-state index contributed by atoms with van der Waals surface area (Å²) >= 11 is 0. The molecule has 0 aromatic heterocycles. The molecule has 21 heavy (non-hydrogen) atoms. The number of rotatable bonds is 8. The third-order valence-corrected chi connectivity index (χ3v) is 3.36. The van der Waals surface area contributed by atoms with Gasteiger partial charge >= 0.3 is 5.97 Å². The summed E-state index contributed by atoms with van der Waals surface area (Å²) in [4.78, 5) is 23.3. The third kappa shape index (κ3) is 5.95. The Balaban J connectivity index is 4.89. The highest BCUT2D eigenvalue weighted by atomic mass is 19.3. The molecule has 4 N–H and O–H groups in total. The predicted octanol–water partition coefficient (Wildman–Crippen LogP) is 2.00. The molecule has 0 saturated carbocycles. The molecule has 0 heterocycles. The van der Waals surface area contributed by atoms with Crippen molar-refractivity contribution < 1.29 is 23.5 Å². The number of carboxylic acid groups (broad SMARTS) is 1. The molecule has 0 aromatic rings. The van der Waals surface area contributed by atoms with Crippen molar-refractivity contribution in [2.45, 2.75) is 65.5 Å². The molecule has 1 amide bonds. The Morgan fingerprint density at radius 3 is 2.00 bits per heavy atom. The van der Waals surface area contributed by atoms with Crippen LogP contribution < -0.4 is 11.1 Å². The minimum absolute atomic E-state index is 0.0418. The molecule has 0 saturated heterocycles. The number of nitrogens with one attached hydrogen (secondary N) is 1. The summed E-state index contributed by atoms with van der Waals surface area (Å²) in [5.74, 6) is -1.86. The zero-order chi connectivity index (χ0) is 17.0. The number of aliphatic carboxylic acids is 1. The summed E-state index contributed by atoms with van der Waals surface area (Å²) in [5.41, 5.74) is 2.77. The van der Waals surface area contributed by atoms with Gasteiger partial charge in [0, 0.05) is 5.41 Å². The van der Waals surface area contributed by atoms with Crippen LogP contribution in [0.25, 0.3) is 0 Å². The molecule has 0 aliphatic heterocycles. The number of amides is 1. The van der Waals surface area contributed by atoms with Gasteiger partial charge in [-0.3, -0.25) is 4.79 Å². The van der Waals surface area contributed by atoms with Gasteiger partial charge in [0.15, 0.2) is 0 Å². The van der Waals surface area contributed by atoms with Crippen LogP contribution in [0.2, 0.25) is 0 Å². The molecule has 0 aliphatic rings. The fraction of sp³-hybridized carbons (Fsp3) is 0.857. The largest absolute Gasteiger partial charge is 0.480 e. The SMILES string of the molecule is CC(C)C[C@](C)(NC(=O)[C@@H](N)CC(C)(C)C(F)F)C(=O)O. The first kappa shape index (κ1) is 19.8. The van der Waals surface area contributed by atoms with Gasteiger partial charge in [0.05, 0.1) is 6.04 Å². The van der Waals surface area contributed by atoms with Gasteiger partial charge in [0.1, 0.15) is 5.54 Å². The summed E-state index contributed by atoms with van der Waals surface area (Å²) in [6.07, 6.45) is -2.62. The van der Waals surface area contributed by atoms with Gasteiger partial charge in [0.25, 0.3) is 0 Å². The highest BCUT2D eigenvalue weighted by Gasteiger charge is 2.39. The van der Waals surface area contributed by atoms with Crippen LogP contribution in [0, 0.1) is 11.3 Å². The van der Waals surface area contributed by atoms with Crippen LogP contribution in [-0.2, 0) is 9.59 Å². The molecule has 5 nitrogen and oxygen atoms in total. The second-order valence-electron chi connectivity index (χ2n) is 6.82. The average Bonchev–Trinajstić information content (AvgIpc) is 2.26. The quantitative estimate of drug-likeness (QED) is 0.639. The number of nitrogens with two attached hydrogens (primary N) is 1. The van der Waals surface area contributed by atoms with Gasteiger partial charge in [-0.05, 0) is 25.7 Å². The monoisotopic (exact) mass is 308 g/mol. The number of carbonyl (C=O) groups is 2. The smallest absolute Gasteiger partial charge is 0.329 e. The molecule has 124 valence electrons. The number of hydrogen-bond donors (Lipinski definition) is 3. The van der Waals surface area contributed by atoms with Crippen molar-refractivity contribution in [3.8, 4) is 0 Å². The lowest BCUT2D eigenvalue weighted by Gasteiger charge is -2.31. The fourth-order valence-electron chi connectivity index (χ4n) is 2.12. The van der Waals surface area contributed by atoms with Crippen LogP contribution in [0.5, 0.6) is 0 Å². The van der Waals surface area contributed by atoms with Crippen molar-refractivity contribution in [1.82, 2.24) is 5.32 Å². The predicted molar refractivity (Wildman–Crippen MR) is 76.0 cm³/mol. The Hall–Kier alpha value is -1.24. The van der Waals surface area contributed by atoms with Crippen LogP contribution in [0.1, 0.15) is 47.5 Å². The topological polar surface area (TPSA) is 92.4 Å². The second-order valence-corrected chi connectivity index (χ2v) is 6.82. The van der Waals surface area contributed by atoms with E-state index in [1.807, 2.05) is 13.8 Å². The van der Waals surface area contributed by atoms with E-state index >= 15 is 0 Å². The van der Waals surface area contributed by atoms with E-state index in [1.165, 1.54) is 20.8 Å². The molecule has 2 atom stereocenters. The number of alkyl halides is 2. The van der Waals surface area contributed by atoms with Crippen LogP contribution in [-0.4, -0.2) is 35.0 Å². The first-order valence-electron chi connectivity index (χ1n) is 6.91. The highest BCUT2D eigenvalue weighted by Crippen LogP contribution is 2.30. The molecule has 0 rings (SSSR count). The average molecular weight is 308 g/mol. The van der Waals surface area contributed by atoms with Crippen molar-refractivity contribution in [3.63, 3.8) is 0 Å². The van der Waals surface area contributed by atoms with Crippen LogP contribution >= 0.6 is 0 Å². The van der Waals surface area contributed by atoms with E-state index in [4.69, 9.17) is 5.73 Å². The Labute approximate surface area is 124 Å². The fourth-order valence-corrected chi connectivity index (χ4v) is 2.12. The molecule has 0 radical (unpaired) electrons. The van der Waals surface area contributed by atoms with Crippen molar-refractivity contribution in [1.29, 1.82) is 0 Å². The van der Waals surface area contributed by atoms with Gasteiger partial charge in [-0.2, -0.15) is 0 Å². The molecule has 0 aromatic carbocycles. The number of hydrogen-bond acceptors (Lipinski definition) is 3. The highest BCUT2D eigenvalue weighted by molar-refractivity contribution is 5.89. The van der Waals surface area contributed by atoms with Gasteiger partial charge in [-0.25, -0.2) is 13.6 Å². The van der Waals surface area contributed by atoms with Gasteiger partial charge in [-0.15, -0.1) is 0 Å². The minimum atomic E-state index is -2.61. The number of carboxylic acids is 1. The van der Waals surface area contributed by atoms with E-state index in [-0.39, 0.29) is 18.8 Å². The molecule has 0 spiro atoms. The summed E-state index contributed by atoms with van der Waals surface area (Å²) < 4.78 is 25.6. The third-order valence-electron chi connectivity index (χ3n) is 3.36. The van der Waals surface area contributed by atoms with E-state index in [0.29, 0.717) is 0 Å². The molecular weight excluding hydrogens is 282 g/mol. The van der Waals surface area contributed by atoms with E-state index in [0.717, 1.165) is 0 Å². The standard InChI is InChI=1S/C14H26F2N2O3/c1-8(2)6-14(5,12(20)21)18-10(19)9(17)7-13(3,4)11(15)16/h8-9,11H,6-7,17H2,1-5H3,(H,18,19)(H,20,21)/t9-,14-/m0/s1. The van der Waals surface area contributed by atoms with Crippen molar-refractivity contribution >= 4 is 11.9 Å². The summed E-state index contributed by atoms with van der Waals surface area (Å²) in [5, 5.41) is 11.6. The molecule has 0 fully saturated rings. The van der Waals surface area contributed by atoms with Crippen molar-refractivity contribution in [2.24, 2.45) is 17.1 Å². The van der Waals surface area contributed by atoms with Crippen molar-refractivity contribution in [2.75, 3.05) is 0 Å². The zero-order valence-corrected chi connectivity index (χ0v) is 13.2. The Bertz CT molecular complexity index is 386. The second kappa shape index (κ2) is 7.15. The van der Waals surface area contributed by atoms with E-state index < -0.39 is 35.3 Å². The zero-order valence-electron chi connectivity index (χ0n) is 13.2. The minimum Gasteiger partial charge on any atom is -0.480 e. The molecular formula is C14H26F2N2O3. The van der Waals surface area contributed by atoms with Crippen molar-refractivity contribution in [3.05, 3.63) is 0 Å².